The topological polar surface area (TPSA) is 71.4 Å². The molecular formula is C10H18O4S. The summed E-state index contributed by atoms with van der Waals surface area (Å²) in [6.07, 6.45) is 6.89. The highest BCUT2D eigenvalue weighted by Crippen LogP contribution is 2.09. The van der Waals surface area contributed by atoms with Crippen molar-refractivity contribution < 1.29 is 18.3 Å². The first-order chi connectivity index (χ1) is 6.84. The second-order valence-electron chi connectivity index (χ2n) is 3.67. The van der Waals surface area contributed by atoms with Gasteiger partial charge in [-0.15, -0.1) is 0 Å². The summed E-state index contributed by atoms with van der Waals surface area (Å²) in [5, 5.41) is 7.99. The highest BCUT2D eigenvalue weighted by molar-refractivity contribution is 7.91. The predicted molar refractivity (Wildman–Crippen MR) is 59.5 cm³/mol. The zero-order valence-corrected chi connectivity index (χ0v) is 9.96. The number of hydrogen-bond donors (Lipinski definition) is 1. The van der Waals surface area contributed by atoms with E-state index in [9.17, 15) is 13.2 Å². The van der Waals surface area contributed by atoms with Crippen LogP contribution < -0.4 is 0 Å². The molecule has 0 amide bonds. The molecule has 0 rings (SSSR count). The van der Waals surface area contributed by atoms with Crippen molar-refractivity contribution in [3.63, 3.8) is 0 Å². The number of sulfone groups is 1. The predicted octanol–water partition coefficient (Wildman–Crippen LogP) is 1.62. The van der Waals surface area contributed by atoms with E-state index in [2.05, 4.69) is 0 Å². The third-order valence-electron chi connectivity index (χ3n) is 2.22. The van der Waals surface area contributed by atoms with Gasteiger partial charge >= 0.3 is 5.97 Å². The molecule has 0 aliphatic heterocycles. The molecule has 0 aromatic heterocycles. The highest BCUT2D eigenvalue weighted by atomic mass is 32.2. The molecule has 0 saturated carbocycles. The zero-order chi connectivity index (χ0) is 11.9. The van der Waals surface area contributed by atoms with Crippen molar-refractivity contribution in [1.82, 2.24) is 0 Å². The van der Waals surface area contributed by atoms with Crippen LogP contribution in [0, 0.1) is 0 Å². The van der Waals surface area contributed by atoms with Crippen LogP contribution in [-0.2, 0) is 14.6 Å². The van der Waals surface area contributed by atoms with Gasteiger partial charge in [-0.3, -0.25) is 0 Å². The van der Waals surface area contributed by atoms with E-state index in [4.69, 9.17) is 5.11 Å². The average Bonchev–Trinajstić information content (AvgIpc) is 2.08. The number of carbonyl (C=O) groups is 1. The summed E-state index contributed by atoms with van der Waals surface area (Å²) in [4.78, 5) is 10.1. The Kier molecular flexibility index (Phi) is 6.24. The Labute approximate surface area is 90.9 Å². The van der Waals surface area contributed by atoms with Gasteiger partial charge in [-0.1, -0.05) is 12.5 Å². The van der Waals surface area contributed by atoms with Gasteiger partial charge in [-0.2, -0.15) is 0 Å². The Balaban J connectivity index is 3.60. The molecule has 0 radical (unpaired) electrons. The minimum Gasteiger partial charge on any atom is -0.478 e. The minimum absolute atomic E-state index is 0.305. The smallest absolute Gasteiger partial charge is 0.327 e. The Morgan fingerprint density at radius 2 is 2.00 bits per heavy atom. The van der Waals surface area contributed by atoms with Crippen molar-refractivity contribution in [2.75, 3.05) is 6.26 Å². The minimum atomic E-state index is -2.92. The lowest BCUT2D eigenvalue weighted by molar-refractivity contribution is -0.131. The molecule has 0 bridgehead atoms. The molecule has 4 nitrogen and oxygen atoms in total. The number of hydrogen-bond acceptors (Lipinski definition) is 3. The van der Waals surface area contributed by atoms with Crippen molar-refractivity contribution in [3.8, 4) is 0 Å². The summed E-state index contributed by atoms with van der Waals surface area (Å²) < 4.78 is 22.1. The number of carboxylic acids is 1. The van der Waals surface area contributed by atoms with Crippen LogP contribution in [0.5, 0.6) is 0 Å². The molecule has 0 aromatic rings. The molecule has 1 atom stereocenters. The molecule has 0 aliphatic rings. The summed E-state index contributed by atoms with van der Waals surface area (Å²) in [6.45, 7) is 1.70. The molecule has 88 valence electrons. The molecule has 15 heavy (non-hydrogen) atoms. The standard InChI is InChI=1S/C10H18O4S/c1-9(15(2,13)14)7-5-3-4-6-8-10(11)12/h6,8-9H,3-5,7H2,1-2H3,(H,11,12)/b8-6+. The highest BCUT2D eigenvalue weighted by Gasteiger charge is 2.13. The number of unbranched alkanes of at least 4 members (excludes halogenated alkanes) is 2. The molecule has 5 heteroatoms. The van der Waals surface area contributed by atoms with Gasteiger partial charge < -0.3 is 5.11 Å². The zero-order valence-electron chi connectivity index (χ0n) is 9.14. The third-order valence-corrected chi connectivity index (χ3v) is 3.92. The van der Waals surface area contributed by atoms with E-state index in [-0.39, 0.29) is 5.25 Å². The van der Waals surface area contributed by atoms with E-state index in [0.29, 0.717) is 12.8 Å². The van der Waals surface area contributed by atoms with Crippen molar-refractivity contribution in [2.45, 2.75) is 37.9 Å². The van der Waals surface area contributed by atoms with Gasteiger partial charge in [0.1, 0.15) is 9.84 Å². The number of aliphatic carboxylic acids is 1. The fourth-order valence-corrected chi connectivity index (χ4v) is 1.69. The van der Waals surface area contributed by atoms with Crippen LogP contribution in [0.25, 0.3) is 0 Å². The van der Waals surface area contributed by atoms with Gasteiger partial charge in [-0.05, 0) is 26.2 Å². The second kappa shape index (κ2) is 6.61. The summed E-state index contributed by atoms with van der Waals surface area (Å²) >= 11 is 0. The lowest BCUT2D eigenvalue weighted by Gasteiger charge is -2.07. The van der Waals surface area contributed by atoms with Crippen molar-refractivity contribution in [1.29, 1.82) is 0 Å². The average molecular weight is 234 g/mol. The van der Waals surface area contributed by atoms with Gasteiger partial charge in [0, 0.05) is 12.3 Å². The number of rotatable bonds is 7. The van der Waals surface area contributed by atoms with Crippen LogP contribution >= 0.6 is 0 Å². The molecule has 0 spiro atoms. The van der Waals surface area contributed by atoms with Crippen molar-refractivity contribution >= 4 is 15.8 Å². The lowest BCUT2D eigenvalue weighted by atomic mass is 10.1. The van der Waals surface area contributed by atoms with E-state index >= 15 is 0 Å². The molecule has 0 aliphatic carbocycles. The van der Waals surface area contributed by atoms with Crippen LogP contribution in [0.1, 0.15) is 32.6 Å². The molecule has 1 unspecified atom stereocenters. The first-order valence-electron chi connectivity index (χ1n) is 4.92. The SMILES string of the molecule is CC(CCCC/C=C/C(=O)O)S(C)(=O)=O. The van der Waals surface area contributed by atoms with Crippen LogP contribution in [0.2, 0.25) is 0 Å². The first kappa shape index (κ1) is 14.2. The van der Waals surface area contributed by atoms with Crippen molar-refractivity contribution in [2.24, 2.45) is 0 Å². The Hall–Kier alpha value is -0.840. The third kappa shape index (κ3) is 8.17. The van der Waals surface area contributed by atoms with Gasteiger partial charge in [0.05, 0.1) is 5.25 Å². The van der Waals surface area contributed by atoms with Gasteiger partial charge in [0.2, 0.25) is 0 Å². The molecule has 0 heterocycles. The van der Waals surface area contributed by atoms with E-state index < -0.39 is 15.8 Å². The molecule has 1 N–H and O–H groups in total. The quantitative estimate of drug-likeness (QED) is 0.536. The summed E-state index contributed by atoms with van der Waals surface area (Å²) in [6, 6.07) is 0. The second-order valence-corrected chi connectivity index (χ2v) is 6.13. The Morgan fingerprint density at radius 1 is 1.40 bits per heavy atom. The van der Waals surface area contributed by atoms with Crippen LogP contribution in [-0.4, -0.2) is 31.0 Å². The van der Waals surface area contributed by atoms with E-state index in [0.717, 1.165) is 18.9 Å². The molecule has 0 saturated heterocycles. The normalized spacial score (nSPS) is 14.3. The Morgan fingerprint density at radius 3 is 2.47 bits per heavy atom. The fourth-order valence-electron chi connectivity index (χ4n) is 1.09. The van der Waals surface area contributed by atoms with Gasteiger partial charge in [-0.25, -0.2) is 13.2 Å². The Bertz CT molecular complexity index is 316. The summed E-state index contributed by atoms with van der Waals surface area (Å²) in [7, 11) is -2.92. The van der Waals surface area contributed by atoms with Crippen LogP contribution in [0.3, 0.4) is 0 Å². The van der Waals surface area contributed by atoms with E-state index in [1.165, 1.54) is 6.26 Å². The summed E-state index contributed by atoms with van der Waals surface area (Å²) in [5.41, 5.74) is 0. The van der Waals surface area contributed by atoms with Crippen LogP contribution in [0.4, 0.5) is 0 Å². The maximum absolute atomic E-state index is 11.0. The molecular weight excluding hydrogens is 216 g/mol. The van der Waals surface area contributed by atoms with Gasteiger partial charge in [0.25, 0.3) is 0 Å². The largest absolute Gasteiger partial charge is 0.478 e. The fraction of sp³-hybridized carbons (Fsp3) is 0.700. The maximum atomic E-state index is 11.0. The van der Waals surface area contributed by atoms with E-state index in [1.54, 1.807) is 13.0 Å². The number of allylic oxidation sites excluding steroid dienone is 1. The van der Waals surface area contributed by atoms with Gasteiger partial charge in [0.15, 0.2) is 0 Å². The first-order valence-corrected chi connectivity index (χ1v) is 6.88. The monoisotopic (exact) mass is 234 g/mol. The maximum Gasteiger partial charge on any atom is 0.327 e. The van der Waals surface area contributed by atoms with Crippen molar-refractivity contribution in [3.05, 3.63) is 12.2 Å². The lowest BCUT2D eigenvalue weighted by Crippen LogP contribution is -2.15. The van der Waals surface area contributed by atoms with E-state index in [1.807, 2.05) is 0 Å². The number of carboxylic acid groups (broad SMARTS) is 1. The van der Waals surface area contributed by atoms with Crippen LogP contribution in [0.15, 0.2) is 12.2 Å². The summed E-state index contributed by atoms with van der Waals surface area (Å²) in [5.74, 6) is -0.945. The molecule has 0 aromatic carbocycles. The molecule has 0 fully saturated rings.